The predicted molar refractivity (Wildman–Crippen MR) is 76.2 cm³/mol. The van der Waals surface area contributed by atoms with E-state index >= 15 is 0 Å². The monoisotopic (exact) mass is 331 g/mol. The second-order valence-corrected chi connectivity index (χ2v) is 5.02. The number of benzene rings is 1. The lowest BCUT2D eigenvalue weighted by molar-refractivity contribution is 0.0471. The van der Waals surface area contributed by atoms with Gasteiger partial charge in [-0.25, -0.2) is 14.3 Å². The van der Waals surface area contributed by atoms with Crippen LogP contribution in [0.15, 0.2) is 53.4 Å². The van der Waals surface area contributed by atoms with Gasteiger partial charge in [-0.2, -0.15) is 5.10 Å². The van der Waals surface area contributed by atoms with Gasteiger partial charge < -0.3 is 4.74 Å². The molecule has 5 nitrogen and oxygen atoms in total. The highest BCUT2D eigenvalue weighted by atomic mass is 79.9. The third-order valence-corrected chi connectivity index (χ3v) is 3.32. The Morgan fingerprint density at radius 2 is 2.05 bits per heavy atom. The van der Waals surface area contributed by atoms with Gasteiger partial charge in [0.15, 0.2) is 5.65 Å². The van der Waals surface area contributed by atoms with Gasteiger partial charge >= 0.3 is 5.97 Å². The van der Waals surface area contributed by atoms with Gasteiger partial charge in [0.05, 0.1) is 16.2 Å². The maximum Gasteiger partial charge on any atom is 0.341 e. The zero-order chi connectivity index (χ0) is 13.9. The van der Waals surface area contributed by atoms with Gasteiger partial charge in [-0.15, -0.1) is 0 Å². The molecule has 3 rings (SSSR count). The van der Waals surface area contributed by atoms with E-state index in [1.165, 1.54) is 10.7 Å². The van der Waals surface area contributed by atoms with E-state index in [0.29, 0.717) is 11.2 Å². The van der Waals surface area contributed by atoms with Crippen molar-refractivity contribution in [3.8, 4) is 0 Å². The van der Waals surface area contributed by atoms with E-state index in [1.807, 2.05) is 30.3 Å². The van der Waals surface area contributed by atoms with Crippen molar-refractivity contribution in [2.75, 3.05) is 0 Å². The highest BCUT2D eigenvalue weighted by Gasteiger charge is 2.11. The summed E-state index contributed by atoms with van der Waals surface area (Å²) in [5.41, 5.74) is 1.96. The lowest BCUT2D eigenvalue weighted by Crippen LogP contribution is -2.07. The maximum atomic E-state index is 12.0. The lowest BCUT2D eigenvalue weighted by Gasteiger charge is -2.05. The number of carbonyl (C=O) groups excluding carboxylic acids is 1. The first-order valence-electron chi connectivity index (χ1n) is 5.94. The van der Waals surface area contributed by atoms with Gasteiger partial charge in [-0.3, -0.25) is 0 Å². The number of carbonyl (C=O) groups is 1. The van der Waals surface area contributed by atoms with E-state index in [1.54, 1.807) is 12.4 Å². The topological polar surface area (TPSA) is 56.5 Å². The van der Waals surface area contributed by atoms with E-state index in [4.69, 9.17) is 4.74 Å². The molecule has 0 radical (unpaired) electrons. The first-order valence-corrected chi connectivity index (χ1v) is 6.73. The van der Waals surface area contributed by atoms with Crippen molar-refractivity contribution >= 4 is 27.5 Å². The normalized spacial score (nSPS) is 10.7. The van der Waals surface area contributed by atoms with Crippen LogP contribution in [0.2, 0.25) is 0 Å². The molecule has 0 saturated heterocycles. The molecule has 0 aliphatic carbocycles. The molecule has 0 atom stereocenters. The van der Waals surface area contributed by atoms with Gasteiger partial charge in [0, 0.05) is 12.4 Å². The smallest absolute Gasteiger partial charge is 0.341 e. The molecule has 2 heterocycles. The van der Waals surface area contributed by atoms with Crippen molar-refractivity contribution in [3.05, 3.63) is 64.5 Å². The summed E-state index contributed by atoms with van der Waals surface area (Å²) in [7, 11) is 0. The molecule has 0 aliphatic heterocycles. The molecule has 0 N–H and O–H groups in total. The number of esters is 1. The summed E-state index contributed by atoms with van der Waals surface area (Å²) in [5, 5.41) is 4.08. The van der Waals surface area contributed by atoms with Crippen LogP contribution in [0.3, 0.4) is 0 Å². The summed E-state index contributed by atoms with van der Waals surface area (Å²) in [6.07, 6.45) is 4.71. The second-order valence-electron chi connectivity index (χ2n) is 4.17. The van der Waals surface area contributed by atoms with Crippen LogP contribution in [0, 0.1) is 0 Å². The van der Waals surface area contributed by atoms with Crippen LogP contribution in [-0.2, 0) is 11.3 Å². The SMILES string of the molecule is O=C(OCc1ccccc1)c1cnc2c(Br)cnn2c1. The number of ether oxygens (including phenoxy) is 1. The van der Waals surface area contributed by atoms with E-state index in [9.17, 15) is 4.79 Å². The number of hydrogen-bond donors (Lipinski definition) is 0. The number of halogens is 1. The quantitative estimate of drug-likeness (QED) is 0.692. The fourth-order valence-electron chi connectivity index (χ4n) is 1.76. The molecular weight excluding hydrogens is 322 g/mol. The Morgan fingerprint density at radius 3 is 2.85 bits per heavy atom. The Bertz CT molecular complexity index is 755. The van der Waals surface area contributed by atoms with Crippen molar-refractivity contribution in [1.29, 1.82) is 0 Å². The minimum atomic E-state index is -0.421. The summed E-state index contributed by atoms with van der Waals surface area (Å²) in [5.74, 6) is -0.421. The standard InChI is InChI=1S/C14H10BrN3O2/c15-12-7-17-18-8-11(6-16-13(12)18)14(19)20-9-10-4-2-1-3-5-10/h1-8H,9H2. The molecule has 100 valence electrons. The third-order valence-electron chi connectivity index (χ3n) is 2.76. The molecule has 0 unspecified atom stereocenters. The van der Waals surface area contributed by atoms with Crippen LogP contribution < -0.4 is 0 Å². The Balaban J connectivity index is 1.75. The average molecular weight is 332 g/mol. The summed E-state index contributed by atoms with van der Waals surface area (Å²) in [6, 6.07) is 9.52. The molecule has 0 aliphatic rings. The molecule has 6 heteroatoms. The fraction of sp³-hybridized carbons (Fsp3) is 0.0714. The number of fused-ring (bicyclic) bond motifs is 1. The van der Waals surface area contributed by atoms with Crippen molar-refractivity contribution in [2.45, 2.75) is 6.61 Å². The zero-order valence-corrected chi connectivity index (χ0v) is 11.9. The minimum absolute atomic E-state index is 0.237. The van der Waals surface area contributed by atoms with Gasteiger partial charge in [0.2, 0.25) is 0 Å². The largest absolute Gasteiger partial charge is 0.457 e. The molecule has 0 amide bonds. The molecule has 0 bridgehead atoms. The molecular formula is C14H10BrN3O2. The number of hydrogen-bond acceptors (Lipinski definition) is 4. The van der Waals surface area contributed by atoms with Gasteiger partial charge in [-0.1, -0.05) is 30.3 Å². The number of aromatic nitrogens is 3. The van der Waals surface area contributed by atoms with Crippen LogP contribution in [0.1, 0.15) is 15.9 Å². The Kier molecular flexibility index (Phi) is 3.47. The minimum Gasteiger partial charge on any atom is -0.457 e. The predicted octanol–water partition coefficient (Wildman–Crippen LogP) is 2.85. The van der Waals surface area contributed by atoms with E-state index < -0.39 is 5.97 Å². The van der Waals surface area contributed by atoms with Crippen molar-refractivity contribution in [3.63, 3.8) is 0 Å². The van der Waals surface area contributed by atoms with Crippen LogP contribution in [0.5, 0.6) is 0 Å². The summed E-state index contributed by atoms with van der Waals surface area (Å²) in [6.45, 7) is 0.237. The van der Waals surface area contributed by atoms with E-state index in [0.717, 1.165) is 10.0 Å². The number of nitrogens with zero attached hydrogens (tertiary/aromatic N) is 3. The third kappa shape index (κ3) is 2.55. The second kappa shape index (κ2) is 5.42. The zero-order valence-electron chi connectivity index (χ0n) is 10.4. The molecule has 1 aromatic carbocycles. The molecule has 3 aromatic rings. The maximum absolute atomic E-state index is 12.0. The molecule has 20 heavy (non-hydrogen) atoms. The Morgan fingerprint density at radius 1 is 1.25 bits per heavy atom. The van der Waals surface area contributed by atoms with Crippen molar-refractivity contribution in [2.24, 2.45) is 0 Å². The summed E-state index contributed by atoms with van der Waals surface area (Å²) >= 11 is 3.33. The highest BCUT2D eigenvalue weighted by Crippen LogP contribution is 2.15. The van der Waals surface area contributed by atoms with Crippen molar-refractivity contribution < 1.29 is 9.53 Å². The highest BCUT2D eigenvalue weighted by molar-refractivity contribution is 9.10. The van der Waals surface area contributed by atoms with Crippen LogP contribution >= 0.6 is 15.9 Å². The molecule has 0 fully saturated rings. The Labute approximate surface area is 123 Å². The van der Waals surface area contributed by atoms with Gasteiger partial charge in [-0.05, 0) is 21.5 Å². The average Bonchev–Trinajstić information content (AvgIpc) is 2.87. The lowest BCUT2D eigenvalue weighted by atomic mass is 10.2. The summed E-state index contributed by atoms with van der Waals surface area (Å²) in [4.78, 5) is 16.1. The summed E-state index contributed by atoms with van der Waals surface area (Å²) < 4.78 is 7.55. The van der Waals surface area contributed by atoms with Crippen molar-refractivity contribution in [1.82, 2.24) is 14.6 Å². The van der Waals surface area contributed by atoms with Gasteiger partial charge in [0.25, 0.3) is 0 Å². The van der Waals surface area contributed by atoms with Crippen LogP contribution in [0.4, 0.5) is 0 Å². The Hall–Kier alpha value is -2.21. The van der Waals surface area contributed by atoms with E-state index in [2.05, 4.69) is 26.0 Å². The number of rotatable bonds is 3. The molecule has 2 aromatic heterocycles. The van der Waals surface area contributed by atoms with E-state index in [-0.39, 0.29) is 6.61 Å². The van der Waals surface area contributed by atoms with Gasteiger partial charge in [0.1, 0.15) is 6.61 Å². The molecule has 0 saturated carbocycles. The van der Waals surface area contributed by atoms with Crippen LogP contribution in [0.25, 0.3) is 5.65 Å². The molecule has 0 spiro atoms. The van der Waals surface area contributed by atoms with Crippen LogP contribution in [-0.4, -0.2) is 20.6 Å². The first kappa shape index (κ1) is 12.8. The fourth-order valence-corrected chi connectivity index (χ4v) is 2.13. The first-order chi connectivity index (χ1) is 9.74.